The van der Waals surface area contributed by atoms with Crippen LogP contribution < -0.4 is 5.32 Å². The highest BCUT2D eigenvalue weighted by Crippen LogP contribution is 2.30. The Kier molecular flexibility index (Phi) is 3.99. The van der Waals surface area contributed by atoms with Crippen LogP contribution in [0.4, 0.5) is 5.69 Å². The van der Waals surface area contributed by atoms with Gasteiger partial charge in [0.05, 0.1) is 0 Å². The van der Waals surface area contributed by atoms with Gasteiger partial charge in [0.15, 0.2) is 0 Å². The summed E-state index contributed by atoms with van der Waals surface area (Å²) in [6, 6.07) is 10.3. The largest absolute Gasteiger partial charge is 0.508 e. The number of nitrogens with one attached hydrogen (secondary N) is 1. The predicted octanol–water partition coefficient (Wildman–Crippen LogP) is 5.41. The van der Waals surface area contributed by atoms with Gasteiger partial charge in [-0.25, -0.2) is 0 Å². The third kappa shape index (κ3) is 3.12. The summed E-state index contributed by atoms with van der Waals surface area (Å²) in [7, 11) is 0. The monoisotopic (exact) mass is 315 g/mol. The van der Waals surface area contributed by atoms with E-state index in [0.717, 1.165) is 23.4 Å². The van der Waals surface area contributed by atoms with Gasteiger partial charge in [0.25, 0.3) is 0 Å². The van der Waals surface area contributed by atoms with Crippen LogP contribution in [-0.4, -0.2) is 5.11 Å². The summed E-state index contributed by atoms with van der Waals surface area (Å²) in [6.45, 7) is 4.73. The molecule has 21 heavy (non-hydrogen) atoms. The number of aryl methyl sites for hydroxylation is 2. The quantitative estimate of drug-likeness (QED) is 0.631. The lowest BCUT2D eigenvalue weighted by Gasteiger charge is -2.10. The van der Waals surface area contributed by atoms with Gasteiger partial charge in [-0.2, -0.15) is 0 Å². The van der Waals surface area contributed by atoms with Crippen molar-refractivity contribution in [3.05, 3.63) is 57.1 Å². The van der Waals surface area contributed by atoms with E-state index in [2.05, 4.69) is 34.3 Å². The first-order valence-corrected chi connectivity index (χ1v) is 8.55. The zero-order chi connectivity index (χ0) is 14.8. The summed E-state index contributed by atoms with van der Waals surface area (Å²) in [5.74, 6) is 0.356. The maximum atomic E-state index is 9.69. The van der Waals surface area contributed by atoms with Crippen molar-refractivity contribution in [1.29, 1.82) is 0 Å². The summed E-state index contributed by atoms with van der Waals surface area (Å²) in [5, 5.41) is 17.5. The molecule has 0 saturated heterocycles. The lowest BCUT2D eigenvalue weighted by molar-refractivity contribution is 0.471. The van der Waals surface area contributed by atoms with Crippen LogP contribution in [0.5, 0.6) is 5.75 Å². The Morgan fingerprint density at radius 2 is 1.95 bits per heavy atom. The minimum Gasteiger partial charge on any atom is -0.508 e. The van der Waals surface area contributed by atoms with Gasteiger partial charge in [-0.05, 0) is 60.0 Å². The summed E-state index contributed by atoms with van der Waals surface area (Å²) in [4.78, 5) is 2.62. The maximum absolute atomic E-state index is 9.69. The second-order valence-electron chi connectivity index (χ2n) is 5.09. The number of phenolic OH excluding ortho intramolecular Hbond substituents is 1. The zero-order valence-electron chi connectivity index (χ0n) is 12.0. The number of anilines is 1. The van der Waals surface area contributed by atoms with Gasteiger partial charge in [-0.1, -0.05) is 6.07 Å². The van der Waals surface area contributed by atoms with Crippen molar-refractivity contribution < 1.29 is 5.11 Å². The van der Waals surface area contributed by atoms with E-state index in [1.54, 1.807) is 22.7 Å². The molecule has 0 saturated carbocycles. The SMILES string of the molecule is Cc1cc(NCc2cc(-c3cccs3)cs2)c(C)cc1O. The molecule has 0 atom stereocenters. The molecule has 2 N–H and O–H groups in total. The zero-order valence-corrected chi connectivity index (χ0v) is 13.6. The first-order chi connectivity index (χ1) is 10.1. The van der Waals surface area contributed by atoms with Crippen molar-refractivity contribution >= 4 is 28.4 Å². The summed E-state index contributed by atoms with van der Waals surface area (Å²) < 4.78 is 0. The molecule has 0 unspecified atom stereocenters. The average molecular weight is 315 g/mol. The Bertz CT molecular complexity index is 744. The molecule has 108 valence electrons. The Hall–Kier alpha value is -1.78. The highest BCUT2D eigenvalue weighted by molar-refractivity contribution is 7.14. The lowest BCUT2D eigenvalue weighted by Crippen LogP contribution is -1.99. The number of benzene rings is 1. The topological polar surface area (TPSA) is 32.3 Å². The predicted molar refractivity (Wildman–Crippen MR) is 92.5 cm³/mol. The molecule has 0 aliphatic carbocycles. The molecule has 2 heterocycles. The molecule has 0 fully saturated rings. The summed E-state index contributed by atoms with van der Waals surface area (Å²) >= 11 is 3.54. The van der Waals surface area contributed by atoms with E-state index >= 15 is 0 Å². The van der Waals surface area contributed by atoms with Gasteiger partial charge in [-0.15, -0.1) is 22.7 Å². The van der Waals surface area contributed by atoms with Crippen LogP contribution >= 0.6 is 22.7 Å². The van der Waals surface area contributed by atoms with E-state index in [1.807, 2.05) is 26.0 Å². The van der Waals surface area contributed by atoms with Crippen LogP contribution in [0.3, 0.4) is 0 Å². The molecule has 2 aromatic heterocycles. The van der Waals surface area contributed by atoms with Crippen molar-refractivity contribution in [3.8, 4) is 16.2 Å². The van der Waals surface area contributed by atoms with Gasteiger partial charge in [0.2, 0.25) is 0 Å². The molecular formula is C17H17NOS2. The number of rotatable bonds is 4. The number of hydrogen-bond acceptors (Lipinski definition) is 4. The van der Waals surface area contributed by atoms with Crippen LogP contribution in [0.15, 0.2) is 41.1 Å². The van der Waals surface area contributed by atoms with E-state index in [-0.39, 0.29) is 0 Å². The first kappa shape index (κ1) is 14.2. The molecule has 0 spiro atoms. The molecule has 1 aromatic carbocycles. The fourth-order valence-electron chi connectivity index (χ4n) is 2.22. The van der Waals surface area contributed by atoms with Gasteiger partial charge in [-0.3, -0.25) is 0 Å². The van der Waals surface area contributed by atoms with Crippen LogP contribution in [-0.2, 0) is 6.54 Å². The fourth-order valence-corrected chi connectivity index (χ4v) is 3.83. The highest BCUT2D eigenvalue weighted by Gasteiger charge is 2.06. The summed E-state index contributed by atoms with van der Waals surface area (Å²) in [5.41, 5.74) is 4.34. The van der Waals surface area contributed by atoms with Crippen LogP contribution in [0.1, 0.15) is 16.0 Å². The number of aromatic hydroxyl groups is 1. The molecule has 0 amide bonds. The maximum Gasteiger partial charge on any atom is 0.118 e. The second kappa shape index (κ2) is 5.92. The fraction of sp³-hybridized carbons (Fsp3) is 0.176. The molecule has 3 aromatic rings. The first-order valence-electron chi connectivity index (χ1n) is 6.79. The number of thiophene rings is 2. The standard InChI is InChI=1S/C17H17NOS2/c1-11-7-16(19)12(2)6-15(11)18-9-14-8-13(10-21-14)17-4-3-5-20-17/h3-8,10,18-19H,9H2,1-2H3. The molecule has 3 rings (SSSR count). The van der Waals surface area contributed by atoms with Crippen molar-refractivity contribution in [2.24, 2.45) is 0 Å². The van der Waals surface area contributed by atoms with E-state index in [0.29, 0.717) is 5.75 Å². The van der Waals surface area contributed by atoms with Gasteiger partial charge in [0.1, 0.15) is 5.75 Å². The van der Waals surface area contributed by atoms with Crippen LogP contribution in [0, 0.1) is 13.8 Å². The van der Waals surface area contributed by atoms with E-state index in [9.17, 15) is 5.11 Å². The Balaban J connectivity index is 1.72. The Morgan fingerprint density at radius 1 is 1.10 bits per heavy atom. The van der Waals surface area contributed by atoms with Crippen molar-refractivity contribution in [3.63, 3.8) is 0 Å². The van der Waals surface area contributed by atoms with Crippen molar-refractivity contribution in [1.82, 2.24) is 0 Å². The molecular weight excluding hydrogens is 298 g/mol. The van der Waals surface area contributed by atoms with Crippen LogP contribution in [0.2, 0.25) is 0 Å². The molecule has 0 aliphatic heterocycles. The van der Waals surface area contributed by atoms with Gasteiger partial charge in [0, 0.05) is 27.5 Å². The van der Waals surface area contributed by atoms with Gasteiger partial charge < -0.3 is 10.4 Å². The molecule has 0 aliphatic rings. The minimum atomic E-state index is 0.356. The summed E-state index contributed by atoms with van der Waals surface area (Å²) in [6.07, 6.45) is 0. The second-order valence-corrected chi connectivity index (χ2v) is 7.03. The lowest BCUT2D eigenvalue weighted by atomic mass is 10.1. The molecule has 4 heteroatoms. The van der Waals surface area contributed by atoms with Crippen molar-refractivity contribution in [2.75, 3.05) is 5.32 Å². The average Bonchev–Trinajstić information content (AvgIpc) is 3.11. The Morgan fingerprint density at radius 3 is 2.71 bits per heavy atom. The molecule has 0 radical (unpaired) electrons. The highest BCUT2D eigenvalue weighted by atomic mass is 32.1. The van der Waals surface area contributed by atoms with E-state index in [4.69, 9.17) is 0 Å². The van der Waals surface area contributed by atoms with E-state index in [1.165, 1.54) is 15.3 Å². The minimum absolute atomic E-state index is 0.356. The van der Waals surface area contributed by atoms with Crippen molar-refractivity contribution in [2.45, 2.75) is 20.4 Å². The smallest absolute Gasteiger partial charge is 0.118 e. The molecule has 0 bridgehead atoms. The van der Waals surface area contributed by atoms with Gasteiger partial charge >= 0.3 is 0 Å². The van der Waals surface area contributed by atoms with E-state index < -0.39 is 0 Å². The van der Waals surface area contributed by atoms with Crippen LogP contribution in [0.25, 0.3) is 10.4 Å². The normalized spacial score (nSPS) is 10.8. The molecule has 2 nitrogen and oxygen atoms in total. The number of hydrogen-bond donors (Lipinski definition) is 2. The third-order valence-corrected chi connectivity index (χ3v) is 5.31. The number of phenols is 1. The third-order valence-electron chi connectivity index (χ3n) is 3.46. The Labute approximate surface area is 132 Å².